The lowest BCUT2D eigenvalue weighted by Crippen LogP contribution is -2.25. The van der Waals surface area contributed by atoms with Gasteiger partial charge in [0, 0.05) is 5.92 Å². The van der Waals surface area contributed by atoms with Gasteiger partial charge in [-0.25, -0.2) is 0 Å². The van der Waals surface area contributed by atoms with Crippen molar-refractivity contribution in [3.05, 3.63) is 31.7 Å². The van der Waals surface area contributed by atoms with Gasteiger partial charge in [0.2, 0.25) is 0 Å². The van der Waals surface area contributed by atoms with Gasteiger partial charge in [0.1, 0.15) is 0 Å². The van der Waals surface area contributed by atoms with Crippen LogP contribution in [0.5, 0.6) is 0 Å². The molecule has 0 spiro atoms. The Bertz CT molecular complexity index is 542. The molecule has 3 nitrogen and oxygen atoms in total. The fourth-order valence-electron chi connectivity index (χ4n) is 1.46. The summed E-state index contributed by atoms with van der Waals surface area (Å²) in [6.07, 6.45) is 0. The number of benzene rings is 1. The molecule has 0 aliphatic rings. The number of ketones is 1. The van der Waals surface area contributed by atoms with E-state index in [1.165, 1.54) is 19.9 Å². The second kappa shape index (κ2) is 6.31. The number of halogens is 4. The maximum Gasteiger partial charge on any atom is 0.306 e. The lowest BCUT2D eigenvalue weighted by Gasteiger charge is -2.17. The summed E-state index contributed by atoms with van der Waals surface area (Å²) in [5, 5.41) is 9.06. The highest BCUT2D eigenvalue weighted by molar-refractivity contribution is 6.51. The average molecular weight is 344 g/mol. The van der Waals surface area contributed by atoms with E-state index in [0.29, 0.717) is 0 Å². The number of carbonyl (C=O) groups excluding carboxylic acids is 1. The Hall–Kier alpha value is -0.480. The van der Waals surface area contributed by atoms with Crippen LogP contribution in [-0.4, -0.2) is 16.9 Å². The van der Waals surface area contributed by atoms with Crippen molar-refractivity contribution in [2.24, 2.45) is 11.8 Å². The lowest BCUT2D eigenvalue weighted by atomic mass is 9.88. The zero-order valence-electron chi connectivity index (χ0n) is 10.0. The lowest BCUT2D eigenvalue weighted by molar-refractivity contribution is -0.142. The summed E-state index contributed by atoms with van der Waals surface area (Å²) in [5.74, 6) is -3.21. The Morgan fingerprint density at radius 3 is 2.00 bits per heavy atom. The molecule has 1 aromatic carbocycles. The summed E-state index contributed by atoms with van der Waals surface area (Å²) >= 11 is 23.5. The van der Waals surface area contributed by atoms with E-state index in [1.807, 2.05) is 0 Å². The van der Waals surface area contributed by atoms with Gasteiger partial charge in [0.15, 0.2) is 5.78 Å². The quantitative estimate of drug-likeness (QED) is 0.483. The van der Waals surface area contributed by atoms with Crippen LogP contribution in [0, 0.1) is 11.8 Å². The fourth-order valence-corrected chi connectivity index (χ4v) is 2.56. The minimum Gasteiger partial charge on any atom is -0.481 e. The van der Waals surface area contributed by atoms with Crippen molar-refractivity contribution in [2.75, 3.05) is 0 Å². The van der Waals surface area contributed by atoms with Crippen LogP contribution in [0.4, 0.5) is 0 Å². The molecule has 0 bridgehead atoms. The Kier molecular flexibility index (Phi) is 5.51. The van der Waals surface area contributed by atoms with Gasteiger partial charge in [-0.15, -0.1) is 0 Å². The second-order valence-corrected chi connectivity index (χ2v) is 5.69. The average Bonchev–Trinajstić information content (AvgIpc) is 2.33. The summed E-state index contributed by atoms with van der Waals surface area (Å²) < 4.78 is 0. The molecule has 0 saturated heterocycles. The Morgan fingerprint density at radius 1 is 1.00 bits per heavy atom. The van der Waals surface area contributed by atoms with Crippen LogP contribution in [0.1, 0.15) is 24.2 Å². The molecule has 1 rings (SSSR count). The summed E-state index contributed by atoms with van der Waals surface area (Å²) in [6, 6.07) is 1.31. The van der Waals surface area contributed by atoms with E-state index in [2.05, 4.69) is 0 Å². The summed E-state index contributed by atoms with van der Waals surface area (Å²) in [4.78, 5) is 23.2. The molecule has 0 aromatic heterocycles. The van der Waals surface area contributed by atoms with Crippen molar-refractivity contribution in [3.8, 4) is 0 Å². The molecule has 7 heteroatoms. The monoisotopic (exact) mass is 342 g/mol. The highest BCUT2D eigenvalue weighted by Crippen LogP contribution is 2.39. The van der Waals surface area contributed by atoms with Crippen LogP contribution < -0.4 is 0 Å². The SMILES string of the molecule is CC(C(=O)O)C(C)C(=O)c1c(Cl)cc(Cl)c(Cl)c1Cl. The van der Waals surface area contributed by atoms with Crippen molar-refractivity contribution >= 4 is 58.2 Å². The number of rotatable bonds is 4. The Balaban J connectivity index is 3.28. The topological polar surface area (TPSA) is 54.4 Å². The highest BCUT2D eigenvalue weighted by Gasteiger charge is 2.30. The minimum absolute atomic E-state index is 0.00154. The van der Waals surface area contributed by atoms with Gasteiger partial charge in [-0.05, 0) is 6.07 Å². The van der Waals surface area contributed by atoms with Gasteiger partial charge in [-0.1, -0.05) is 60.3 Å². The third kappa shape index (κ3) is 3.34. The molecular weight excluding hydrogens is 334 g/mol. The highest BCUT2D eigenvalue weighted by atomic mass is 35.5. The van der Waals surface area contributed by atoms with E-state index in [0.717, 1.165) is 0 Å². The second-order valence-electron chi connectivity index (χ2n) is 4.12. The molecule has 0 amide bonds. The maximum atomic E-state index is 12.3. The van der Waals surface area contributed by atoms with Gasteiger partial charge in [-0.2, -0.15) is 0 Å². The van der Waals surface area contributed by atoms with E-state index >= 15 is 0 Å². The van der Waals surface area contributed by atoms with Gasteiger partial charge >= 0.3 is 5.97 Å². The van der Waals surface area contributed by atoms with Gasteiger partial charge in [0.25, 0.3) is 0 Å². The first-order chi connectivity index (χ1) is 8.68. The van der Waals surface area contributed by atoms with E-state index in [9.17, 15) is 9.59 Å². The minimum atomic E-state index is -1.08. The van der Waals surface area contributed by atoms with E-state index in [1.54, 1.807) is 0 Å². The largest absolute Gasteiger partial charge is 0.481 e. The van der Waals surface area contributed by atoms with Crippen molar-refractivity contribution < 1.29 is 14.7 Å². The Morgan fingerprint density at radius 2 is 1.53 bits per heavy atom. The van der Waals surface area contributed by atoms with E-state index in [4.69, 9.17) is 51.5 Å². The molecule has 0 fully saturated rings. The zero-order chi connectivity index (χ0) is 14.9. The molecule has 19 heavy (non-hydrogen) atoms. The van der Waals surface area contributed by atoms with E-state index in [-0.39, 0.29) is 25.7 Å². The zero-order valence-corrected chi connectivity index (χ0v) is 13.0. The third-order valence-corrected chi connectivity index (χ3v) is 4.47. The molecule has 0 heterocycles. The molecule has 0 saturated carbocycles. The summed E-state index contributed by atoms with van der Waals surface area (Å²) in [5.41, 5.74) is -0.00154. The maximum absolute atomic E-state index is 12.3. The molecule has 0 radical (unpaired) electrons. The van der Waals surface area contributed by atoms with Gasteiger partial charge < -0.3 is 5.11 Å². The van der Waals surface area contributed by atoms with Crippen LogP contribution in [0.2, 0.25) is 20.1 Å². The fraction of sp³-hybridized carbons (Fsp3) is 0.333. The Labute approximate surface area is 130 Å². The summed E-state index contributed by atoms with van der Waals surface area (Å²) in [6.45, 7) is 2.93. The molecule has 0 aliphatic heterocycles. The molecule has 0 aliphatic carbocycles. The molecule has 104 valence electrons. The number of carbonyl (C=O) groups is 2. The van der Waals surface area contributed by atoms with Crippen LogP contribution in [-0.2, 0) is 4.79 Å². The van der Waals surface area contributed by atoms with Crippen molar-refractivity contribution in [3.63, 3.8) is 0 Å². The van der Waals surface area contributed by atoms with E-state index < -0.39 is 23.6 Å². The summed E-state index contributed by atoms with van der Waals surface area (Å²) in [7, 11) is 0. The normalized spacial score (nSPS) is 14.0. The van der Waals surface area contributed by atoms with Crippen molar-refractivity contribution in [2.45, 2.75) is 13.8 Å². The molecule has 1 N–H and O–H groups in total. The first kappa shape index (κ1) is 16.6. The van der Waals surface area contributed by atoms with Crippen LogP contribution >= 0.6 is 46.4 Å². The van der Waals surface area contributed by atoms with Gasteiger partial charge in [0.05, 0.1) is 31.6 Å². The first-order valence-corrected chi connectivity index (χ1v) is 6.79. The van der Waals surface area contributed by atoms with Crippen LogP contribution in [0.3, 0.4) is 0 Å². The number of hydrogen-bond donors (Lipinski definition) is 1. The van der Waals surface area contributed by atoms with Crippen molar-refractivity contribution in [1.82, 2.24) is 0 Å². The molecule has 2 atom stereocenters. The van der Waals surface area contributed by atoms with Gasteiger partial charge in [-0.3, -0.25) is 9.59 Å². The predicted octanol–water partition coefficient (Wildman–Crippen LogP) is 4.84. The predicted molar refractivity (Wildman–Crippen MR) is 76.8 cm³/mol. The first-order valence-electron chi connectivity index (χ1n) is 5.28. The third-order valence-electron chi connectivity index (χ3n) is 2.91. The number of hydrogen-bond acceptors (Lipinski definition) is 2. The number of carboxylic acid groups (broad SMARTS) is 1. The number of aliphatic carboxylic acids is 1. The molecular formula is C12H10Cl4O3. The number of carboxylic acids is 1. The smallest absolute Gasteiger partial charge is 0.306 e. The number of Topliss-reactive ketones (excluding diaryl/α,β-unsaturated/α-hetero) is 1. The van der Waals surface area contributed by atoms with Crippen LogP contribution in [0.15, 0.2) is 6.07 Å². The van der Waals surface area contributed by atoms with Crippen molar-refractivity contribution in [1.29, 1.82) is 0 Å². The molecule has 1 aromatic rings. The standard InChI is InChI=1S/C12H10Cl4O3/c1-4(5(2)12(18)19)11(17)8-6(13)3-7(14)9(15)10(8)16/h3-5H,1-2H3,(H,18,19). The van der Waals surface area contributed by atoms with Crippen LogP contribution in [0.25, 0.3) is 0 Å². The molecule has 2 unspecified atom stereocenters.